The molecule has 1 heterocycles. The number of hydrogen-bond donors (Lipinski definition) is 2. The average Bonchev–Trinajstić information content (AvgIpc) is 2.97. The maximum absolute atomic E-state index is 13.5. The molecular formula is C27H30ClN3O2. The van der Waals surface area contributed by atoms with Gasteiger partial charge < -0.3 is 15.5 Å². The molecule has 3 aromatic carbocycles. The zero-order valence-electron chi connectivity index (χ0n) is 19.0. The van der Waals surface area contributed by atoms with E-state index in [4.69, 9.17) is 0 Å². The van der Waals surface area contributed by atoms with Gasteiger partial charge in [0.05, 0.1) is 12.6 Å². The van der Waals surface area contributed by atoms with Gasteiger partial charge in [0.25, 0.3) is 0 Å². The number of halogens is 1. The van der Waals surface area contributed by atoms with E-state index in [1.165, 1.54) is 0 Å². The van der Waals surface area contributed by atoms with Crippen molar-refractivity contribution in [2.45, 2.75) is 38.4 Å². The molecule has 0 spiro atoms. The fraction of sp³-hybridized carbons (Fsp3) is 0.259. The van der Waals surface area contributed by atoms with Crippen LogP contribution in [0.1, 0.15) is 24.5 Å². The summed E-state index contributed by atoms with van der Waals surface area (Å²) in [6.45, 7) is 2.25. The SMILES string of the molecule is CNC(C)C(=O)N[C@H]1CCc2ccccc2N(Cc2ccc(-c3ccccc3)cc2)C1=O.Cl. The number of benzene rings is 3. The highest BCUT2D eigenvalue weighted by molar-refractivity contribution is 6.00. The van der Waals surface area contributed by atoms with Gasteiger partial charge in [0.15, 0.2) is 0 Å². The molecule has 3 aromatic rings. The fourth-order valence-electron chi connectivity index (χ4n) is 4.06. The molecule has 2 atom stereocenters. The number of amides is 2. The minimum absolute atomic E-state index is 0. The topological polar surface area (TPSA) is 61.4 Å². The van der Waals surface area contributed by atoms with E-state index < -0.39 is 6.04 Å². The smallest absolute Gasteiger partial charge is 0.249 e. The maximum Gasteiger partial charge on any atom is 0.249 e. The molecule has 0 fully saturated rings. The number of hydrogen-bond acceptors (Lipinski definition) is 3. The average molecular weight is 464 g/mol. The number of rotatable bonds is 6. The van der Waals surface area contributed by atoms with Gasteiger partial charge in [0.2, 0.25) is 11.8 Å². The normalized spacial score (nSPS) is 16.2. The summed E-state index contributed by atoms with van der Waals surface area (Å²) in [7, 11) is 1.74. The van der Waals surface area contributed by atoms with Crippen LogP contribution in [-0.2, 0) is 22.6 Å². The molecule has 2 amide bonds. The molecular weight excluding hydrogens is 434 g/mol. The summed E-state index contributed by atoms with van der Waals surface area (Å²) in [5.74, 6) is -0.234. The number of para-hydroxylation sites is 1. The minimum atomic E-state index is -0.547. The Labute approximate surface area is 201 Å². The Bertz CT molecular complexity index is 1090. The summed E-state index contributed by atoms with van der Waals surface area (Å²) in [5, 5.41) is 5.88. The van der Waals surface area contributed by atoms with Crippen molar-refractivity contribution in [1.82, 2.24) is 10.6 Å². The molecule has 0 saturated heterocycles. The fourth-order valence-corrected chi connectivity index (χ4v) is 4.06. The minimum Gasteiger partial charge on any atom is -0.343 e. The summed E-state index contributed by atoms with van der Waals surface area (Å²) < 4.78 is 0. The van der Waals surface area contributed by atoms with E-state index in [1.807, 2.05) is 41.3 Å². The number of aryl methyl sites for hydroxylation is 1. The van der Waals surface area contributed by atoms with Gasteiger partial charge in [-0.2, -0.15) is 0 Å². The van der Waals surface area contributed by atoms with Crippen LogP contribution >= 0.6 is 12.4 Å². The van der Waals surface area contributed by atoms with E-state index in [-0.39, 0.29) is 30.3 Å². The zero-order valence-corrected chi connectivity index (χ0v) is 19.8. The Morgan fingerprint density at radius 3 is 2.30 bits per heavy atom. The second-order valence-electron chi connectivity index (χ2n) is 8.23. The van der Waals surface area contributed by atoms with Crippen LogP contribution in [0.3, 0.4) is 0 Å². The molecule has 0 bridgehead atoms. The number of carbonyl (C=O) groups excluding carboxylic acids is 2. The zero-order chi connectivity index (χ0) is 22.5. The number of anilines is 1. The van der Waals surface area contributed by atoms with Gasteiger partial charge in [-0.15, -0.1) is 12.4 Å². The van der Waals surface area contributed by atoms with Crippen LogP contribution in [0, 0.1) is 0 Å². The first-order valence-electron chi connectivity index (χ1n) is 11.1. The van der Waals surface area contributed by atoms with E-state index in [1.54, 1.807) is 14.0 Å². The second kappa shape index (κ2) is 11.1. The summed E-state index contributed by atoms with van der Waals surface area (Å²) >= 11 is 0. The highest BCUT2D eigenvalue weighted by Crippen LogP contribution is 2.29. The molecule has 1 unspecified atom stereocenters. The summed E-state index contributed by atoms with van der Waals surface area (Å²) in [6.07, 6.45) is 1.33. The Balaban J connectivity index is 0.00000306. The lowest BCUT2D eigenvalue weighted by Crippen LogP contribution is -2.52. The lowest BCUT2D eigenvalue weighted by atomic mass is 10.0. The van der Waals surface area contributed by atoms with Crippen LogP contribution < -0.4 is 15.5 Å². The Kier molecular flexibility index (Phi) is 8.26. The third kappa shape index (κ3) is 5.62. The summed E-state index contributed by atoms with van der Waals surface area (Å²) in [4.78, 5) is 27.8. The molecule has 0 radical (unpaired) electrons. The molecule has 172 valence electrons. The van der Waals surface area contributed by atoms with Crippen molar-refractivity contribution in [3.8, 4) is 11.1 Å². The van der Waals surface area contributed by atoms with Crippen LogP contribution in [0.15, 0.2) is 78.9 Å². The van der Waals surface area contributed by atoms with E-state index in [0.29, 0.717) is 13.0 Å². The predicted molar refractivity (Wildman–Crippen MR) is 136 cm³/mol. The largest absolute Gasteiger partial charge is 0.343 e. The molecule has 0 aromatic heterocycles. The van der Waals surface area contributed by atoms with Gasteiger partial charge in [-0.25, -0.2) is 0 Å². The number of fused-ring (bicyclic) bond motifs is 1. The number of likely N-dealkylation sites (N-methyl/N-ethyl adjacent to an activating group) is 1. The van der Waals surface area contributed by atoms with Gasteiger partial charge >= 0.3 is 0 Å². The van der Waals surface area contributed by atoms with Gasteiger partial charge in [0, 0.05) is 5.69 Å². The molecule has 4 rings (SSSR count). The Morgan fingerprint density at radius 2 is 1.61 bits per heavy atom. The van der Waals surface area contributed by atoms with E-state index in [9.17, 15) is 9.59 Å². The van der Waals surface area contributed by atoms with Crippen LogP contribution in [0.4, 0.5) is 5.69 Å². The van der Waals surface area contributed by atoms with Crippen molar-refractivity contribution in [3.05, 3.63) is 90.0 Å². The monoisotopic (exact) mass is 463 g/mol. The molecule has 33 heavy (non-hydrogen) atoms. The van der Waals surface area contributed by atoms with E-state index >= 15 is 0 Å². The van der Waals surface area contributed by atoms with Crippen molar-refractivity contribution in [1.29, 1.82) is 0 Å². The van der Waals surface area contributed by atoms with E-state index in [2.05, 4.69) is 53.1 Å². The lowest BCUT2D eigenvalue weighted by Gasteiger charge is -2.27. The van der Waals surface area contributed by atoms with Crippen molar-refractivity contribution >= 4 is 29.9 Å². The first-order valence-corrected chi connectivity index (χ1v) is 11.1. The third-order valence-electron chi connectivity index (χ3n) is 6.09. The molecule has 6 heteroatoms. The lowest BCUT2D eigenvalue weighted by molar-refractivity contribution is -0.128. The summed E-state index contributed by atoms with van der Waals surface area (Å²) in [6, 6.07) is 25.7. The Morgan fingerprint density at radius 1 is 0.970 bits per heavy atom. The van der Waals surface area contributed by atoms with Crippen LogP contribution in [0.25, 0.3) is 11.1 Å². The molecule has 0 saturated carbocycles. The molecule has 0 aliphatic carbocycles. The van der Waals surface area contributed by atoms with Crippen LogP contribution in [0.5, 0.6) is 0 Å². The second-order valence-corrected chi connectivity index (χ2v) is 8.23. The van der Waals surface area contributed by atoms with Gasteiger partial charge in [-0.1, -0.05) is 72.8 Å². The highest BCUT2D eigenvalue weighted by Gasteiger charge is 2.32. The summed E-state index contributed by atoms with van der Waals surface area (Å²) in [5.41, 5.74) is 5.39. The molecule has 1 aliphatic rings. The molecule has 5 nitrogen and oxygen atoms in total. The first kappa shape index (κ1) is 24.5. The van der Waals surface area contributed by atoms with Crippen LogP contribution in [0.2, 0.25) is 0 Å². The van der Waals surface area contributed by atoms with Crippen molar-refractivity contribution in [2.24, 2.45) is 0 Å². The Hall–Kier alpha value is -3.15. The van der Waals surface area contributed by atoms with E-state index in [0.717, 1.165) is 34.4 Å². The highest BCUT2D eigenvalue weighted by atomic mass is 35.5. The van der Waals surface area contributed by atoms with Crippen molar-refractivity contribution < 1.29 is 9.59 Å². The van der Waals surface area contributed by atoms with Gasteiger partial charge in [-0.3, -0.25) is 9.59 Å². The van der Waals surface area contributed by atoms with Crippen molar-refractivity contribution in [2.75, 3.05) is 11.9 Å². The first-order chi connectivity index (χ1) is 15.6. The number of nitrogens with zero attached hydrogens (tertiary/aromatic N) is 1. The quantitative estimate of drug-likeness (QED) is 0.571. The van der Waals surface area contributed by atoms with Crippen LogP contribution in [-0.4, -0.2) is 30.9 Å². The van der Waals surface area contributed by atoms with Gasteiger partial charge in [-0.05, 0) is 55.1 Å². The standard InChI is InChI=1S/C27H29N3O2.ClH/c1-19(28-2)26(31)29-24-17-16-23-10-6-7-11-25(23)30(27(24)32)18-20-12-14-22(15-13-20)21-8-4-3-5-9-21;/h3-15,19,24,28H,16-18H2,1-2H3,(H,29,31);1H/t19?,24-;/m0./s1. The number of nitrogens with one attached hydrogen (secondary N) is 2. The molecule has 1 aliphatic heterocycles. The maximum atomic E-state index is 13.5. The number of carbonyl (C=O) groups is 2. The third-order valence-corrected chi connectivity index (χ3v) is 6.09. The molecule has 2 N–H and O–H groups in total. The van der Waals surface area contributed by atoms with Crippen molar-refractivity contribution in [3.63, 3.8) is 0 Å². The predicted octanol–water partition coefficient (Wildman–Crippen LogP) is 4.35. The van der Waals surface area contributed by atoms with Gasteiger partial charge in [0.1, 0.15) is 6.04 Å².